The van der Waals surface area contributed by atoms with Crippen LogP contribution >= 0.6 is 11.8 Å². The zero-order chi connectivity index (χ0) is 19.7. The van der Waals surface area contributed by atoms with Gasteiger partial charge in [-0.1, -0.05) is 42.5 Å². The molecule has 2 aromatic carbocycles. The van der Waals surface area contributed by atoms with Crippen molar-refractivity contribution in [2.24, 2.45) is 0 Å². The zero-order valence-corrected chi connectivity index (χ0v) is 15.8. The fraction of sp³-hybridized carbons (Fsp3) is 0.286. The third-order valence-electron chi connectivity index (χ3n) is 5.14. The highest BCUT2D eigenvalue weighted by molar-refractivity contribution is 8.00. The van der Waals surface area contributed by atoms with Gasteiger partial charge in [-0.25, -0.2) is 9.18 Å². The molecule has 2 aromatic rings. The van der Waals surface area contributed by atoms with Crippen LogP contribution in [0.3, 0.4) is 0 Å². The SMILES string of the molecule is O=C(COC(=O)[C@H]1CS[C@@]2(c3ccccc3)CCC(=O)N12)c1ccccc1F. The lowest BCUT2D eigenvalue weighted by atomic mass is 10.0. The normalized spacial score (nSPS) is 23.5. The first kappa shape index (κ1) is 18.7. The number of nitrogens with zero attached hydrogens (tertiary/aromatic N) is 1. The smallest absolute Gasteiger partial charge is 0.330 e. The number of ether oxygens (including phenoxy) is 1. The number of halogens is 1. The lowest BCUT2D eigenvalue weighted by molar-refractivity contribution is -0.152. The molecule has 2 saturated heterocycles. The van der Waals surface area contributed by atoms with Gasteiger partial charge in [-0.15, -0.1) is 11.8 Å². The van der Waals surface area contributed by atoms with Gasteiger partial charge in [0, 0.05) is 12.2 Å². The second-order valence-electron chi connectivity index (χ2n) is 6.75. The number of amides is 1. The van der Waals surface area contributed by atoms with E-state index in [0.29, 0.717) is 18.6 Å². The van der Waals surface area contributed by atoms with E-state index in [1.807, 2.05) is 30.3 Å². The maximum absolute atomic E-state index is 13.7. The Morgan fingerprint density at radius 1 is 1.14 bits per heavy atom. The standard InChI is InChI=1S/C21H18FNO4S/c22-16-9-5-4-8-15(16)18(24)12-27-20(26)17-13-28-21(11-10-19(25)23(17)21)14-6-2-1-3-7-14/h1-9,17H,10-13H2/t17-,21-/m1/s1. The van der Waals surface area contributed by atoms with E-state index >= 15 is 0 Å². The number of esters is 1. The highest BCUT2D eigenvalue weighted by Gasteiger charge is 2.57. The van der Waals surface area contributed by atoms with Gasteiger partial charge in [0.2, 0.25) is 11.7 Å². The van der Waals surface area contributed by atoms with E-state index < -0.39 is 35.1 Å². The van der Waals surface area contributed by atoms with Crippen molar-refractivity contribution in [3.63, 3.8) is 0 Å². The first-order valence-corrected chi connectivity index (χ1v) is 9.97. The molecule has 2 heterocycles. The van der Waals surface area contributed by atoms with E-state index in [9.17, 15) is 18.8 Å². The summed E-state index contributed by atoms with van der Waals surface area (Å²) in [6, 6.07) is 14.4. The van der Waals surface area contributed by atoms with Crippen molar-refractivity contribution in [2.45, 2.75) is 23.8 Å². The summed E-state index contributed by atoms with van der Waals surface area (Å²) in [5, 5.41) is 0. The first-order valence-electron chi connectivity index (χ1n) is 8.99. The van der Waals surface area contributed by atoms with Gasteiger partial charge in [-0.2, -0.15) is 0 Å². The van der Waals surface area contributed by atoms with E-state index in [1.165, 1.54) is 18.2 Å². The predicted molar refractivity (Wildman–Crippen MR) is 102 cm³/mol. The average molecular weight is 399 g/mol. The van der Waals surface area contributed by atoms with Crippen molar-refractivity contribution in [3.05, 3.63) is 71.5 Å². The molecule has 0 unspecified atom stereocenters. The molecule has 2 fully saturated rings. The summed E-state index contributed by atoms with van der Waals surface area (Å²) in [4.78, 5) is 38.4. The Morgan fingerprint density at radius 3 is 2.61 bits per heavy atom. The fourth-order valence-electron chi connectivity index (χ4n) is 3.81. The molecule has 0 saturated carbocycles. The van der Waals surface area contributed by atoms with Crippen molar-refractivity contribution in [2.75, 3.05) is 12.4 Å². The number of carbonyl (C=O) groups excluding carboxylic acids is 3. The number of rotatable bonds is 5. The predicted octanol–water partition coefficient (Wildman–Crippen LogP) is 3.14. The lowest BCUT2D eigenvalue weighted by Gasteiger charge is -2.33. The molecule has 2 atom stereocenters. The van der Waals surface area contributed by atoms with E-state index in [2.05, 4.69) is 0 Å². The number of thioether (sulfide) groups is 1. The van der Waals surface area contributed by atoms with Crippen LogP contribution in [0.25, 0.3) is 0 Å². The molecule has 28 heavy (non-hydrogen) atoms. The number of Topliss-reactive ketones (excluding diaryl/α,β-unsaturated/α-hetero) is 1. The van der Waals surface area contributed by atoms with Gasteiger partial charge in [0.15, 0.2) is 6.61 Å². The molecule has 144 valence electrons. The Hall–Kier alpha value is -2.67. The second kappa shape index (κ2) is 7.39. The van der Waals surface area contributed by atoms with Gasteiger partial charge >= 0.3 is 5.97 Å². The maximum Gasteiger partial charge on any atom is 0.330 e. The number of benzene rings is 2. The van der Waals surface area contributed by atoms with E-state index in [0.717, 1.165) is 5.56 Å². The van der Waals surface area contributed by atoms with E-state index in [4.69, 9.17) is 4.74 Å². The van der Waals surface area contributed by atoms with Crippen LogP contribution in [-0.2, 0) is 19.2 Å². The molecule has 0 N–H and O–H groups in total. The van der Waals surface area contributed by atoms with E-state index in [1.54, 1.807) is 22.7 Å². The second-order valence-corrected chi connectivity index (χ2v) is 8.05. The third kappa shape index (κ3) is 3.09. The Labute approximate surface area is 165 Å². The molecule has 4 rings (SSSR count). The summed E-state index contributed by atoms with van der Waals surface area (Å²) in [6.07, 6.45) is 0.984. The minimum absolute atomic E-state index is 0.101. The first-order chi connectivity index (χ1) is 13.5. The summed E-state index contributed by atoms with van der Waals surface area (Å²) in [5.74, 6) is -1.61. The van der Waals surface area contributed by atoms with Crippen molar-refractivity contribution in [3.8, 4) is 0 Å². The quantitative estimate of drug-likeness (QED) is 0.571. The molecule has 1 amide bonds. The monoisotopic (exact) mass is 399 g/mol. The van der Waals surface area contributed by atoms with Gasteiger partial charge in [0.1, 0.15) is 16.7 Å². The van der Waals surface area contributed by atoms with Gasteiger partial charge in [-0.3, -0.25) is 9.59 Å². The molecule has 0 bridgehead atoms. The third-order valence-corrected chi connectivity index (χ3v) is 6.74. The largest absolute Gasteiger partial charge is 0.456 e. The van der Waals surface area contributed by atoms with Crippen LogP contribution in [-0.4, -0.2) is 41.0 Å². The van der Waals surface area contributed by atoms with Crippen molar-refractivity contribution in [1.29, 1.82) is 0 Å². The zero-order valence-electron chi connectivity index (χ0n) is 15.0. The Bertz CT molecular complexity index is 935. The lowest BCUT2D eigenvalue weighted by Crippen LogP contribution is -2.47. The molecule has 5 nitrogen and oxygen atoms in total. The number of ketones is 1. The molecular weight excluding hydrogens is 381 g/mol. The van der Waals surface area contributed by atoms with Crippen molar-refractivity contribution < 1.29 is 23.5 Å². The molecule has 2 aliphatic rings. The molecule has 0 aromatic heterocycles. The van der Waals surface area contributed by atoms with Gasteiger partial charge < -0.3 is 9.64 Å². The Morgan fingerprint density at radius 2 is 1.86 bits per heavy atom. The summed E-state index contributed by atoms with van der Waals surface area (Å²) < 4.78 is 18.9. The van der Waals surface area contributed by atoms with Crippen LogP contribution < -0.4 is 0 Å². The van der Waals surface area contributed by atoms with Gasteiger partial charge in [0.25, 0.3) is 0 Å². The number of hydrogen-bond donors (Lipinski definition) is 0. The summed E-state index contributed by atoms with van der Waals surface area (Å²) in [5.41, 5.74) is 0.857. The van der Waals surface area contributed by atoms with Gasteiger partial charge in [-0.05, 0) is 24.1 Å². The molecular formula is C21H18FNO4S. The van der Waals surface area contributed by atoms with Crippen LogP contribution in [0.2, 0.25) is 0 Å². The van der Waals surface area contributed by atoms with Crippen LogP contribution in [0.5, 0.6) is 0 Å². The minimum Gasteiger partial charge on any atom is -0.456 e. The molecule has 7 heteroatoms. The number of fused-ring (bicyclic) bond motifs is 1. The van der Waals surface area contributed by atoms with Crippen molar-refractivity contribution >= 4 is 29.4 Å². The number of hydrogen-bond acceptors (Lipinski definition) is 5. The van der Waals surface area contributed by atoms with Gasteiger partial charge in [0.05, 0.1) is 5.56 Å². The highest BCUT2D eigenvalue weighted by atomic mass is 32.2. The molecule has 0 aliphatic carbocycles. The Balaban J connectivity index is 1.49. The summed E-state index contributed by atoms with van der Waals surface area (Å²) in [6.45, 7) is -0.554. The molecule has 0 radical (unpaired) electrons. The van der Waals surface area contributed by atoms with Crippen molar-refractivity contribution in [1.82, 2.24) is 4.90 Å². The molecule has 2 aliphatic heterocycles. The summed E-state index contributed by atoms with van der Waals surface area (Å²) >= 11 is 1.55. The van der Waals surface area contributed by atoms with Crippen LogP contribution in [0.4, 0.5) is 4.39 Å². The number of carbonyl (C=O) groups is 3. The van der Waals surface area contributed by atoms with Crippen LogP contribution in [0, 0.1) is 5.82 Å². The summed E-state index contributed by atoms with van der Waals surface area (Å²) in [7, 11) is 0. The van der Waals surface area contributed by atoms with E-state index in [-0.39, 0.29) is 11.5 Å². The average Bonchev–Trinajstić information content (AvgIpc) is 3.26. The fourth-order valence-corrected chi connectivity index (χ4v) is 5.45. The van der Waals surface area contributed by atoms with Crippen LogP contribution in [0.15, 0.2) is 54.6 Å². The maximum atomic E-state index is 13.7. The van der Waals surface area contributed by atoms with Crippen LogP contribution in [0.1, 0.15) is 28.8 Å². The molecule has 0 spiro atoms. The minimum atomic E-state index is -0.756. The highest BCUT2D eigenvalue weighted by Crippen LogP contribution is 2.54. The Kier molecular flexibility index (Phi) is 4.93. The topological polar surface area (TPSA) is 63.7 Å².